The van der Waals surface area contributed by atoms with Crippen LogP contribution in [0.5, 0.6) is 5.75 Å². The average molecular weight is 247 g/mol. The van der Waals surface area contributed by atoms with Crippen LogP contribution in [0.2, 0.25) is 0 Å². The van der Waals surface area contributed by atoms with Crippen molar-refractivity contribution < 1.29 is 4.74 Å². The first kappa shape index (κ1) is 13.4. The van der Waals surface area contributed by atoms with Crippen molar-refractivity contribution >= 4 is 0 Å². The zero-order chi connectivity index (χ0) is 13.0. The lowest BCUT2D eigenvalue weighted by molar-refractivity contribution is 0.125. The van der Waals surface area contributed by atoms with E-state index >= 15 is 0 Å². The van der Waals surface area contributed by atoms with E-state index in [9.17, 15) is 0 Å². The van der Waals surface area contributed by atoms with Crippen molar-refractivity contribution in [3.8, 4) is 5.75 Å². The highest BCUT2D eigenvalue weighted by Crippen LogP contribution is 2.44. The maximum absolute atomic E-state index is 5.46. The standard InChI is InChI=1S/C16H25NO/c1-13(2)17-12-16(9-6-10-16)11-14-7-4-5-8-15(14)18-3/h4-5,7-8,13,17H,6,9-12H2,1-3H3. The highest BCUT2D eigenvalue weighted by molar-refractivity contribution is 5.34. The Morgan fingerprint density at radius 2 is 2.00 bits per heavy atom. The number of methoxy groups -OCH3 is 1. The lowest BCUT2D eigenvalue weighted by Gasteiger charge is -2.43. The van der Waals surface area contributed by atoms with Gasteiger partial charge < -0.3 is 10.1 Å². The van der Waals surface area contributed by atoms with Gasteiger partial charge in [-0.2, -0.15) is 0 Å². The minimum atomic E-state index is 0.457. The summed E-state index contributed by atoms with van der Waals surface area (Å²) in [5.41, 5.74) is 1.81. The Hall–Kier alpha value is -1.02. The van der Waals surface area contributed by atoms with Crippen molar-refractivity contribution in [3.63, 3.8) is 0 Å². The fourth-order valence-corrected chi connectivity index (χ4v) is 2.77. The Morgan fingerprint density at radius 1 is 1.28 bits per heavy atom. The van der Waals surface area contributed by atoms with Gasteiger partial charge in [0.15, 0.2) is 0 Å². The summed E-state index contributed by atoms with van der Waals surface area (Å²) in [7, 11) is 1.76. The van der Waals surface area contributed by atoms with Crippen LogP contribution in [0.1, 0.15) is 38.7 Å². The Morgan fingerprint density at radius 3 is 2.56 bits per heavy atom. The Balaban J connectivity index is 2.05. The van der Waals surface area contributed by atoms with Crippen LogP contribution in [0, 0.1) is 5.41 Å². The number of rotatable bonds is 6. The molecule has 100 valence electrons. The van der Waals surface area contributed by atoms with Crippen LogP contribution < -0.4 is 10.1 Å². The first-order chi connectivity index (χ1) is 8.65. The van der Waals surface area contributed by atoms with Crippen molar-refractivity contribution in [1.82, 2.24) is 5.32 Å². The third-order valence-corrected chi connectivity index (χ3v) is 4.06. The molecule has 1 N–H and O–H groups in total. The monoisotopic (exact) mass is 247 g/mol. The Kier molecular flexibility index (Phi) is 4.28. The molecule has 0 radical (unpaired) electrons. The van der Waals surface area contributed by atoms with E-state index in [1.54, 1.807) is 7.11 Å². The van der Waals surface area contributed by atoms with E-state index in [1.807, 2.05) is 6.07 Å². The molecule has 2 heteroatoms. The van der Waals surface area contributed by atoms with E-state index in [0.29, 0.717) is 11.5 Å². The normalized spacial score (nSPS) is 17.6. The van der Waals surface area contributed by atoms with Crippen LogP contribution in [0.15, 0.2) is 24.3 Å². The summed E-state index contributed by atoms with van der Waals surface area (Å²) in [6, 6.07) is 8.99. The third-order valence-electron chi connectivity index (χ3n) is 4.06. The Labute approximate surface area is 111 Å². The van der Waals surface area contributed by atoms with Crippen LogP contribution >= 0.6 is 0 Å². The van der Waals surface area contributed by atoms with E-state index < -0.39 is 0 Å². The van der Waals surface area contributed by atoms with Crippen molar-refractivity contribution in [2.75, 3.05) is 13.7 Å². The summed E-state index contributed by atoms with van der Waals surface area (Å²) in [5, 5.41) is 3.61. The van der Waals surface area contributed by atoms with Crippen LogP contribution in [-0.2, 0) is 6.42 Å². The van der Waals surface area contributed by atoms with Gasteiger partial charge >= 0.3 is 0 Å². The fraction of sp³-hybridized carbons (Fsp3) is 0.625. The molecule has 1 fully saturated rings. The van der Waals surface area contributed by atoms with Gasteiger partial charge in [0.1, 0.15) is 5.75 Å². The zero-order valence-electron chi connectivity index (χ0n) is 11.8. The molecular weight excluding hydrogens is 222 g/mol. The van der Waals surface area contributed by atoms with Gasteiger partial charge in [0.25, 0.3) is 0 Å². The molecular formula is C16H25NO. The molecule has 0 amide bonds. The van der Waals surface area contributed by atoms with Gasteiger partial charge in [-0.3, -0.25) is 0 Å². The van der Waals surface area contributed by atoms with E-state index in [0.717, 1.165) is 18.7 Å². The second-order valence-corrected chi connectivity index (χ2v) is 5.88. The molecule has 1 aliphatic carbocycles. The van der Waals surface area contributed by atoms with Crippen LogP contribution in [0.4, 0.5) is 0 Å². The summed E-state index contributed by atoms with van der Waals surface area (Å²) in [4.78, 5) is 0. The number of hydrogen-bond acceptors (Lipinski definition) is 2. The highest BCUT2D eigenvalue weighted by atomic mass is 16.5. The van der Waals surface area contributed by atoms with Gasteiger partial charge in [-0.1, -0.05) is 38.5 Å². The summed E-state index contributed by atoms with van der Waals surface area (Å²) in [6.07, 6.45) is 5.18. The lowest BCUT2D eigenvalue weighted by Crippen LogP contribution is -2.43. The van der Waals surface area contributed by atoms with Crippen molar-refractivity contribution in [1.29, 1.82) is 0 Å². The second kappa shape index (κ2) is 5.75. The predicted molar refractivity (Wildman–Crippen MR) is 76.1 cm³/mol. The van der Waals surface area contributed by atoms with E-state index in [4.69, 9.17) is 4.74 Å². The first-order valence-corrected chi connectivity index (χ1v) is 7.00. The largest absolute Gasteiger partial charge is 0.496 e. The minimum absolute atomic E-state index is 0.457. The first-order valence-electron chi connectivity index (χ1n) is 7.00. The van der Waals surface area contributed by atoms with Gasteiger partial charge in [0, 0.05) is 12.6 Å². The Bertz CT molecular complexity index is 382. The predicted octanol–water partition coefficient (Wildman–Crippen LogP) is 3.41. The summed E-state index contributed by atoms with van der Waals surface area (Å²) < 4.78 is 5.46. The van der Waals surface area contributed by atoms with Gasteiger partial charge in [-0.25, -0.2) is 0 Å². The van der Waals surface area contributed by atoms with Crippen molar-refractivity contribution in [3.05, 3.63) is 29.8 Å². The molecule has 0 atom stereocenters. The smallest absolute Gasteiger partial charge is 0.122 e. The van der Waals surface area contributed by atoms with Crippen LogP contribution in [-0.4, -0.2) is 19.7 Å². The van der Waals surface area contributed by atoms with Gasteiger partial charge in [0.2, 0.25) is 0 Å². The van der Waals surface area contributed by atoms with Gasteiger partial charge in [0.05, 0.1) is 7.11 Å². The maximum Gasteiger partial charge on any atom is 0.122 e. The maximum atomic E-state index is 5.46. The number of ether oxygens (including phenoxy) is 1. The van der Waals surface area contributed by atoms with Gasteiger partial charge in [-0.05, 0) is 36.3 Å². The minimum Gasteiger partial charge on any atom is -0.496 e. The van der Waals surface area contributed by atoms with Crippen LogP contribution in [0.3, 0.4) is 0 Å². The molecule has 0 aliphatic heterocycles. The molecule has 1 aromatic carbocycles. The number of hydrogen-bond donors (Lipinski definition) is 1. The number of benzene rings is 1. The molecule has 1 aliphatic rings. The summed E-state index contributed by atoms with van der Waals surface area (Å²) in [6.45, 7) is 5.56. The van der Waals surface area contributed by atoms with Crippen molar-refractivity contribution in [2.24, 2.45) is 5.41 Å². The third kappa shape index (κ3) is 3.05. The zero-order valence-corrected chi connectivity index (χ0v) is 11.8. The van der Waals surface area contributed by atoms with Gasteiger partial charge in [-0.15, -0.1) is 0 Å². The topological polar surface area (TPSA) is 21.3 Å². The molecule has 2 rings (SSSR count). The molecule has 0 spiro atoms. The fourth-order valence-electron chi connectivity index (χ4n) is 2.77. The number of nitrogens with one attached hydrogen (secondary N) is 1. The molecule has 0 aromatic heterocycles. The molecule has 0 unspecified atom stereocenters. The lowest BCUT2D eigenvalue weighted by atomic mass is 9.65. The van der Waals surface area contributed by atoms with E-state index in [2.05, 4.69) is 37.4 Å². The molecule has 1 saturated carbocycles. The molecule has 0 saturated heterocycles. The molecule has 0 bridgehead atoms. The number of para-hydroxylation sites is 1. The molecule has 2 nitrogen and oxygen atoms in total. The van der Waals surface area contributed by atoms with E-state index in [1.165, 1.54) is 24.8 Å². The summed E-state index contributed by atoms with van der Waals surface area (Å²) in [5.74, 6) is 1.04. The second-order valence-electron chi connectivity index (χ2n) is 5.88. The highest BCUT2D eigenvalue weighted by Gasteiger charge is 2.37. The molecule has 18 heavy (non-hydrogen) atoms. The SMILES string of the molecule is COc1ccccc1CC1(CNC(C)C)CCC1. The molecule has 1 aromatic rings. The van der Waals surface area contributed by atoms with Crippen LogP contribution in [0.25, 0.3) is 0 Å². The summed E-state index contributed by atoms with van der Waals surface area (Å²) >= 11 is 0. The van der Waals surface area contributed by atoms with Crippen molar-refractivity contribution in [2.45, 2.75) is 45.6 Å². The van der Waals surface area contributed by atoms with E-state index in [-0.39, 0.29) is 0 Å². The molecule has 0 heterocycles. The quantitative estimate of drug-likeness (QED) is 0.832. The average Bonchev–Trinajstić information content (AvgIpc) is 2.32.